The molecule has 1 saturated carbocycles. The summed E-state index contributed by atoms with van der Waals surface area (Å²) < 4.78 is 0. The van der Waals surface area contributed by atoms with E-state index in [0.29, 0.717) is 13.1 Å². The molecule has 1 amide bonds. The highest BCUT2D eigenvalue weighted by atomic mass is 16.1. The van der Waals surface area contributed by atoms with E-state index in [1.807, 2.05) is 19.1 Å². The standard InChI is InChI=1S/C13H18N4O/c1-10-5-6-12(17-16-10)14-7-8-15-13(18)9-11-3-2-4-11/h5-6,9H,2-4,7-8H2,1H3,(H,14,17)(H,15,18). The molecule has 0 aliphatic heterocycles. The van der Waals surface area contributed by atoms with Crippen LogP contribution < -0.4 is 10.6 Å². The number of aryl methyl sites for hydroxylation is 1. The van der Waals surface area contributed by atoms with Crippen LogP contribution in [0.15, 0.2) is 23.8 Å². The van der Waals surface area contributed by atoms with Crippen LogP contribution in [0, 0.1) is 6.92 Å². The van der Waals surface area contributed by atoms with Crippen molar-refractivity contribution in [3.05, 3.63) is 29.5 Å². The average molecular weight is 246 g/mol. The molecule has 18 heavy (non-hydrogen) atoms. The van der Waals surface area contributed by atoms with Crippen molar-refractivity contribution in [2.45, 2.75) is 26.2 Å². The second-order valence-electron chi connectivity index (χ2n) is 4.43. The lowest BCUT2D eigenvalue weighted by Gasteiger charge is -2.15. The molecule has 1 aliphatic rings. The minimum absolute atomic E-state index is 0.00138. The van der Waals surface area contributed by atoms with Crippen LogP contribution >= 0.6 is 0 Å². The summed E-state index contributed by atoms with van der Waals surface area (Å²) in [5.41, 5.74) is 2.14. The van der Waals surface area contributed by atoms with E-state index < -0.39 is 0 Å². The van der Waals surface area contributed by atoms with Gasteiger partial charge in [-0.1, -0.05) is 5.57 Å². The fraction of sp³-hybridized carbons (Fsp3) is 0.462. The maximum atomic E-state index is 11.5. The SMILES string of the molecule is Cc1ccc(NCCNC(=O)C=C2CCC2)nn1. The summed E-state index contributed by atoms with van der Waals surface area (Å²) in [6, 6.07) is 3.77. The number of rotatable bonds is 5. The molecular weight excluding hydrogens is 228 g/mol. The van der Waals surface area contributed by atoms with Gasteiger partial charge in [0.05, 0.1) is 5.69 Å². The van der Waals surface area contributed by atoms with Crippen LogP contribution in [-0.4, -0.2) is 29.2 Å². The Labute approximate surface area is 107 Å². The van der Waals surface area contributed by atoms with Gasteiger partial charge in [-0.3, -0.25) is 4.79 Å². The molecule has 0 bridgehead atoms. The van der Waals surface area contributed by atoms with Crippen molar-refractivity contribution < 1.29 is 4.79 Å². The lowest BCUT2D eigenvalue weighted by Crippen LogP contribution is -2.28. The Morgan fingerprint density at radius 3 is 2.78 bits per heavy atom. The normalized spacial score (nSPS) is 13.7. The van der Waals surface area contributed by atoms with Crippen LogP contribution in [0.25, 0.3) is 0 Å². The molecule has 5 heteroatoms. The number of hydrogen-bond acceptors (Lipinski definition) is 4. The first-order chi connectivity index (χ1) is 8.74. The van der Waals surface area contributed by atoms with Gasteiger partial charge in [-0.25, -0.2) is 0 Å². The molecule has 0 saturated heterocycles. The van der Waals surface area contributed by atoms with Gasteiger partial charge < -0.3 is 10.6 Å². The van der Waals surface area contributed by atoms with Crippen molar-refractivity contribution in [1.29, 1.82) is 0 Å². The largest absolute Gasteiger partial charge is 0.367 e. The van der Waals surface area contributed by atoms with Crippen LogP contribution in [0.3, 0.4) is 0 Å². The van der Waals surface area contributed by atoms with Crippen molar-refractivity contribution in [3.63, 3.8) is 0 Å². The van der Waals surface area contributed by atoms with Gasteiger partial charge in [0.25, 0.3) is 0 Å². The Balaban J connectivity index is 1.63. The third-order valence-electron chi connectivity index (χ3n) is 2.86. The zero-order valence-corrected chi connectivity index (χ0v) is 10.6. The maximum absolute atomic E-state index is 11.5. The molecule has 2 rings (SSSR count). The molecule has 0 atom stereocenters. The van der Waals surface area contributed by atoms with Crippen LogP contribution in [0.2, 0.25) is 0 Å². The molecule has 1 heterocycles. The number of carbonyl (C=O) groups is 1. The predicted molar refractivity (Wildman–Crippen MR) is 70.2 cm³/mol. The van der Waals surface area contributed by atoms with E-state index >= 15 is 0 Å². The minimum atomic E-state index is 0.00138. The summed E-state index contributed by atoms with van der Waals surface area (Å²) in [5, 5.41) is 13.9. The van der Waals surface area contributed by atoms with E-state index in [0.717, 1.165) is 24.4 Å². The Bertz CT molecular complexity index is 433. The van der Waals surface area contributed by atoms with Crippen LogP contribution in [0.5, 0.6) is 0 Å². The molecule has 5 nitrogen and oxygen atoms in total. The highest BCUT2D eigenvalue weighted by Gasteiger charge is 2.09. The van der Waals surface area contributed by atoms with E-state index in [1.54, 1.807) is 6.08 Å². The van der Waals surface area contributed by atoms with E-state index in [1.165, 1.54) is 12.0 Å². The maximum Gasteiger partial charge on any atom is 0.243 e. The van der Waals surface area contributed by atoms with Gasteiger partial charge in [-0.2, -0.15) is 5.10 Å². The first-order valence-electron chi connectivity index (χ1n) is 6.25. The van der Waals surface area contributed by atoms with Crippen LogP contribution in [0.1, 0.15) is 25.0 Å². The molecular formula is C13H18N4O. The summed E-state index contributed by atoms with van der Waals surface area (Å²) in [5.74, 6) is 0.730. The molecule has 96 valence electrons. The Kier molecular flexibility index (Phi) is 4.28. The number of nitrogens with zero attached hydrogens (tertiary/aromatic N) is 2. The van der Waals surface area contributed by atoms with Gasteiger partial charge >= 0.3 is 0 Å². The topological polar surface area (TPSA) is 66.9 Å². The van der Waals surface area contributed by atoms with Crippen molar-refractivity contribution in [2.75, 3.05) is 18.4 Å². The van der Waals surface area contributed by atoms with Gasteiger partial charge in [0.2, 0.25) is 5.91 Å². The number of amides is 1. The van der Waals surface area contributed by atoms with Crippen LogP contribution in [0.4, 0.5) is 5.82 Å². The molecule has 0 spiro atoms. The molecule has 1 aromatic heterocycles. The van der Waals surface area contributed by atoms with E-state index in [-0.39, 0.29) is 5.91 Å². The lowest BCUT2D eigenvalue weighted by atomic mass is 9.92. The van der Waals surface area contributed by atoms with Crippen molar-refractivity contribution in [1.82, 2.24) is 15.5 Å². The van der Waals surface area contributed by atoms with E-state index in [2.05, 4.69) is 20.8 Å². The summed E-state index contributed by atoms with van der Waals surface area (Å²) in [6.45, 7) is 3.12. The van der Waals surface area contributed by atoms with Crippen molar-refractivity contribution in [3.8, 4) is 0 Å². The molecule has 1 aromatic rings. The Hall–Kier alpha value is -1.91. The van der Waals surface area contributed by atoms with Crippen LogP contribution in [-0.2, 0) is 4.79 Å². The van der Waals surface area contributed by atoms with Crippen molar-refractivity contribution in [2.24, 2.45) is 0 Å². The lowest BCUT2D eigenvalue weighted by molar-refractivity contribution is -0.116. The van der Waals surface area contributed by atoms with Gasteiger partial charge in [-0.15, -0.1) is 5.10 Å². The number of aromatic nitrogens is 2. The zero-order chi connectivity index (χ0) is 12.8. The second kappa shape index (κ2) is 6.14. The van der Waals surface area contributed by atoms with Gasteiger partial charge in [0.1, 0.15) is 5.82 Å². The number of allylic oxidation sites excluding steroid dienone is 1. The van der Waals surface area contributed by atoms with Crippen molar-refractivity contribution >= 4 is 11.7 Å². The zero-order valence-electron chi connectivity index (χ0n) is 10.6. The fourth-order valence-corrected chi connectivity index (χ4v) is 1.63. The smallest absolute Gasteiger partial charge is 0.243 e. The van der Waals surface area contributed by atoms with E-state index in [9.17, 15) is 4.79 Å². The average Bonchev–Trinajstić information content (AvgIpc) is 2.32. The van der Waals surface area contributed by atoms with E-state index in [4.69, 9.17) is 0 Å². The summed E-state index contributed by atoms with van der Waals surface area (Å²) in [6.07, 6.45) is 5.08. The minimum Gasteiger partial charge on any atom is -0.367 e. The second-order valence-corrected chi connectivity index (χ2v) is 4.43. The molecule has 0 unspecified atom stereocenters. The third-order valence-corrected chi connectivity index (χ3v) is 2.86. The number of carbonyl (C=O) groups excluding carboxylic acids is 1. The highest BCUT2D eigenvalue weighted by Crippen LogP contribution is 2.24. The molecule has 0 radical (unpaired) electrons. The molecule has 0 aromatic carbocycles. The van der Waals surface area contributed by atoms with Gasteiger partial charge in [0, 0.05) is 19.2 Å². The summed E-state index contributed by atoms with van der Waals surface area (Å²) >= 11 is 0. The fourth-order valence-electron chi connectivity index (χ4n) is 1.63. The molecule has 2 N–H and O–H groups in total. The number of hydrogen-bond donors (Lipinski definition) is 2. The molecule has 1 aliphatic carbocycles. The number of anilines is 1. The first-order valence-corrected chi connectivity index (χ1v) is 6.25. The quantitative estimate of drug-likeness (QED) is 0.609. The third kappa shape index (κ3) is 3.84. The highest BCUT2D eigenvalue weighted by molar-refractivity contribution is 5.88. The Morgan fingerprint density at radius 2 is 2.17 bits per heavy atom. The molecule has 1 fully saturated rings. The Morgan fingerprint density at radius 1 is 1.33 bits per heavy atom. The monoisotopic (exact) mass is 246 g/mol. The van der Waals surface area contributed by atoms with Gasteiger partial charge in [-0.05, 0) is 38.3 Å². The number of nitrogens with one attached hydrogen (secondary N) is 2. The van der Waals surface area contributed by atoms with Gasteiger partial charge in [0.15, 0.2) is 0 Å². The first kappa shape index (κ1) is 12.5. The predicted octanol–water partition coefficient (Wildman–Crippen LogP) is 1.42. The summed E-state index contributed by atoms with van der Waals surface area (Å²) in [7, 11) is 0. The summed E-state index contributed by atoms with van der Waals surface area (Å²) in [4.78, 5) is 11.5.